The number of nitrogens with two attached hydrogens (primary N) is 1. The van der Waals surface area contributed by atoms with Crippen molar-refractivity contribution in [2.75, 3.05) is 33.4 Å². The van der Waals surface area contributed by atoms with Crippen molar-refractivity contribution >= 4 is 11.8 Å². The summed E-state index contributed by atoms with van der Waals surface area (Å²) in [6.45, 7) is 1.44. The highest BCUT2D eigenvalue weighted by Gasteiger charge is 1.99. The number of rotatable bonds is 9. The van der Waals surface area contributed by atoms with Crippen LogP contribution in [0.15, 0.2) is 0 Å². The quantitative estimate of drug-likeness (QED) is 0.414. The van der Waals surface area contributed by atoms with E-state index in [0.717, 1.165) is 13.0 Å². The van der Waals surface area contributed by atoms with Gasteiger partial charge in [0, 0.05) is 13.0 Å². The predicted octanol–water partition coefficient (Wildman–Crippen LogP) is -1.40. The maximum atomic E-state index is 11.1. The molecule has 0 spiro atoms. The van der Waals surface area contributed by atoms with Gasteiger partial charge in [-0.05, 0) is 20.0 Å². The number of ether oxygens (including phenoxy) is 1. The maximum Gasteiger partial charge on any atom is 0.243 e. The van der Waals surface area contributed by atoms with E-state index in [2.05, 4.69) is 10.6 Å². The molecule has 0 aromatic heterocycles. The molecule has 0 aliphatic heterocycles. The first kappa shape index (κ1) is 13.9. The van der Waals surface area contributed by atoms with E-state index in [9.17, 15) is 9.59 Å². The molecule has 6 heteroatoms. The Morgan fingerprint density at radius 1 is 1.33 bits per heavy atom. The van der Waals surface area contributed by atoms with Gasteiger partial charge >= 0.3 is 0 Å². The SMILES string of the molecule is CNCCCC(=O)NCCOCC(N)=O. The van der Waals surface area contributed by atoms with Crippen molar-refractivity contribution in [3.05, 3.63) is 0 Å². The van der Waals surface area contributed by atoms with Gasteiger partial charge in [0.15, 0.2) is 0 Å². The van der Waals surface area contributed by atoms with E-state index in [1.54, 1.807) is 0 Å². The van der Waals surface area contributed by atoms with Gasteiger partial charge in [-0.2, -0.15) is 0 Å². The van der Waals surface area contributed by atoms with Crippen LogP contribution < -0.4 is 16.4 Å². The Bertz CT molecular complexity index is 197. The van der Waals surface area contributed by atoms with Gasteiger partial charge in [-0.3, -0.25) is 9.59 Å². The lowest BCUT2D eigenvalue weighted by Crippen LogP contribution is -2.29. The number of primary amides is 1. The summed E-state index contributed by atoms with van der Waals surface area (Å²) in [7, 11) is 1.84. The van der Waals surface area contributed by atoms with E-state index in [0.29, 0.717) is 19.6 Å². The summed E-state index contributed by atoms with van der Waals surface area (Å²) >= 11 is 0. The minimum Gasteiger partial charge on any atom is -0.370 e. The van der Waals surface area contributed by atoms with Crippen LogP contribution in [-0.2, 0) is 14.3 Å². The fourth-order valence-electron chi connectivity index (χ4n) is 0.949. The van der Waals surface area contributed by atoms with Crippen molar-refractivity contribution in [3.63, 3.8) is 0 Å². The lowest BCUT2D eigenvalue weighted by Gasteiger charge is -2.05. The summed E-state index contributed by atoms with van der Waals surface area (Å²) in [5.41, 5.74) is 4.86. The monoisotopic (exact) mass is 217 g/mol. The van der Waals surface area contributed by atoms with Crippen molar-refractivity contribution in [2.24, 2.45) is 5.73 Å². The second-order valence-electron chi connectivity index (χ2n) is 3.08. The minimum atomic E-state index is -0.504. The molecule has 0 unspecified atom stereocenters. The highest BCUT2D eigenvalue weighted by Crippen LogP contribution is 1.85. The largest absolute Gasteiger partial charge is 0.370 e. The zero-order chi connectivity index (χ0) is 11.5. The highest BCUT2D eigenvalue weighted by atomic mass is 16.5. The van der Waals surface area contributed by atoms with Crippen LogP contribution in [-0.4, -0.2) is 45.2 Å². The van der Waals surface area contributed by atoms with Crippen LogP contribution >= 0.6 is 0 Å². The van der Waals surface area contributed by atoms with Gasteiger partial charge in [0.25, 0.3) is 0 Å². The molecule has 4 N–H and O–H groups in total. The molecule has 2 amide bonds. The Labute approximate surface area is 89.5 Å². The van der Waals surface area contributed by atoms with Crippen LogP contribution in [0.4, 0.5) is 0 Å². The summed E-state index contributed by atoms with van der Waals surface area (Å²) in [5.74, 6) is -0.511. The molecule has 0 heterocycles. The van der Waals surface area contributed by atoms with E-state index in [4.69, 9.17) is 10.5 Å². The summed E-state index contributed by atoms with van der Waals surface area (Å²) in [6, 6.07) is 0. The molecule has 0 fully saturated rings. The summed E-state index contributed by atoms with van der Waals surface area (Å²) in [4.78, 5) is 21.4. The third kappa shape index (κ3) is 10.8. The van der Waals surface area contributed by atoms with Gasteiger partial charge in [0.2, 0.25) is 11.8 Å². The molecule has 0 aliphatic carbocycles. The molecule has 0 saturated carbocycles. The Hall–Kier alpha value is -1.14. The van der Waals surface area contributed by atoms with Gasteiger partial charge < -0.3 is 21.1 Å². The molecule has 15 heavy (non-hydrogen) atoms. The maximum absolute atomic E-state index is 11.1. The van der Waals surface area contributed by atoms with Crippen molar-refractivity contribution in [1.82, 2.24) is 10.6 Å². The average Bonchev–Trinajstić information content (AvgIpc) is 2.17. The summed E-state index contributed by atoms with van der Waals surface area (Å²) in [6.07, 6.45) is 1.31. The molecule has 88 valence electrons. The van der Waals surface area contributed by atoms with Crippen LogP contribution in [0.1, 0.15) is 12.8 Å². The molecular formula is C9H19N3O3. The number of carbonyl (C=O) groups is 2. The standard InChI is InChI=1S/C9H19N3O3/c1-11-4-2-3-9(14)12-5-6-15-7-8(10)13/h11H,2-7H2,1H3,(H2,10,13)(H,12,14). The van der Waals surface area contributed by atoms with Gasteiger partial charge in [0.1, 0.15) is 6.61 Å². The fraction of sp³-hybridized carbons (Fsp3) is 0.778. The third-order valence-corrected chi connectivity index (χ3v) is 1.64. The molecule has 0 aromatic rings. The first-order chi connectivity index (χ1) is 7.16. The zero-order valence-electron chi connectivity index (χ0n) is 9.04. The summed E-state index contributed by atoms with van der Waals surface area (Å²) < 4.78 is 4.87. The van der Waals surface area contributed by atoms with Gasteiger partial charge in [-0.1, -0.05) is 0 Å². The molecule has 0 atom stereocenters. The molecular weight excluding hydrogens is 198 g/mol. The first-order valence-corrected chi connectivity index (χ1v) is 4.94. The Kier molecular flexibility index (Phi) is 8.70. The predicted molar refractivity (Wildman–Crippen MR) is 56.2 cm³/mol. The molecule has 6 nitrogen and oxygen atoms in total. The highest BCUT2D eigenvalue weighted by molar-refractivity contribution is 5.76. The summed E-state index contributed by atoms with van der Waals surface area (Å²) in [5, 5.41) is 5.63. The van der Waals surface area contributed by atoms with Crippen molar-refractivity contribution in [3.8, 4) is 0 Å². The Morgan fingerprint density at radius 2 is 2.07 bits per heavy atom. The minimum absolute atomic E-state index is 0.00655. The van der Waals surface area contributed by atoms with Crippen molar-refractivity contribution in [1.29, 1.82) is 0 Å². The Morgan fingerprint density at radius 3 is 2.67 bits per heavy atom. The van der Waals surface area contributed by atoms with E-state index < -0.39 is 5.91 Å². The van der Waals surface area contributed by atoms with Crippen LogP contribution in [0.3, 0.4) is 0 Å². The van der Waals surface area contributed by atoms with Gasteiger partial charge in [0.05, 0.1) is 6.61 Å². The van der Waals surface area contributed by atoms with Crippen LogP contribution in [0, 0.1) is 0 Å². The van der Waals surface area contributed by atoms with Crippen molar-refractivity contribution in [2.45, 2.75) is 12.8 Å². The number of hydrogen-bond acceptors (Lipinski definition) is 4. The lowest BCUT2D eigenvalue weighted by atomic mass is 10.3. The third-order valence-electron chi connectivity index (χ3n) is 1.64. The second kappa shape index (κ2) is 9.42. The average molecular weight is 217 g/mol. The van der Waals surface area contributed by atoms with Gasteiger partial charge in [-0.25, -0.2) is 0 Å². The number of hydrogen-bond donors (Lipinski definition) is 3. The number of carbonyl (C=O) groups excluding carboxylic acids is 2. The molecule has 0 aliphatic rings. The molecule has 0 radical (unpaired) electrons. The normalized spacial score (nSPS) is 9.93. The Balaban J connectivity index is 3.20. The van der Waals surface area contributed by atoms with E-state index in [1.807, 2.05) is 7.05 Å². The first-order valence-electron chi connectivity index (χ1n) is 4.94. The van der Waals surface area contributed by atoms with Crippen LogP contribution in [0.2, 0.25) is 0 Å². The smallest absolute Gasteiger partial charge is 0.243 e. The van der Waals surface area contributed by atoms with Gasteiger partial charge in [-0.15, -0.1) is 0 Å². The topological polar surface area (TPSA) is 93.4 Å². The van der Waals surface area contributed by atoms with Crippen molar-refractivity contribution < 1.29 is 14.3 Å². The van der Waals surface area contributed by atoms with E-state index in [1.165, 1.54) is 0 Å². The lowest BCUT2D eigenvalue weighted by molar-refractivity contribution is -0.122. The molecule has 0 rings (SSSR count). The fourth-order valence-corrected chi connectivity index (χ4v) is 0.949. The van der Waals surface area contributed by atoms with Crippen LogP contribution in [0.5, 0.6) is 0 Å². The number of amides is 2. The zero-order valence-corrected chi connectivity index (χ0v) is 9.04. The van der Waals surface area contributed by atoms with Crippen LogP contribution in [0.25, 0.3) is 0 Å². The molecule has 0 bridgehead atoms. The van der Waals surface area contributed by atoms with E-state index in [-0.39, 0.29) is 12.5 Å². The number of nitrogens with one attached hydrogen (secondary N) is 2. The van der Waals surface area contributed by atoms with E-state index >= 15 is 0 Å². The molecule has 0 saturated heterocycles. The second-order valence-corrected chi connectivity index (χ2v) is 3.08. The molecule has 0 aromatic carbocycles.